The van der Waals surface area contributed by atoms with E-state index >= 15 is 0 Å². The molecule has 0 nitrogen and oxygen atoms in total. The summed E-state index contributed by atoms with van der Waals surface area (Å²) < 4.78 is 0. The molecule has 0 bridgehead atoms. The first-order valence-corrected chi connectivity index (χ1v) is 2.73. The maximum atomic E-state index is 3.61. The van der Waals surface area contributed by atoms with Crippen LogP contribution in [0.3, 0.4) is 0 Å². The maximum absolute atomic E-state index is 3.61. The summed E-state index contributed by atoms with van der Waals surface area (Å²) in [6.45, 7) is 7.63. The normalized spacial score (nSPS) is 12.5. The third kappa shape index (κ3) is 3.41. The summed E-state index contributed by atoms with van der Waals surface area (Å²) in [7, 11) is 0. The molecule has 44 valence electrons. The Morgan fingerprint density at radius 1 is 1.50 bits per heavy atom. The second-order valence-corrected chi connectivity index (χ2v) is 1.64. The van der Waals surface area contributed by atoms with E-state index in [0.717, 1.165) is 0 Å². The van der Waals surface area contributed by atoms with Crippen molar-refractivity contribution in [3.63, 3.8) is 0 Å². The standard InChI is InChI=1S/C8H12/c1-4-6-7-8(3)5-2/h4-7H,2H2,1,3H3/b6-4-,8-7-. The molecule has 0 aliphatic heterocycles. The highest BCUT2D eigenvalue weighted by atomic mass is 13.8. The molecule has 0 aromatic carbocycles. The second-order valence-electron chi connectivity index (χ2n) is 1.64. The molecule has 0 saturated carbocycles. The van der Waals surface area contributed by atoms with Crippen LogP contribution >= 0.6 is 0 Å². The number of rotatable bonds is 2. The Kier molecular flexibility index (Phi) is 3.95. The van der Waals surface area contributed by atoms with Gasteiger partial charge in [0, 0.05) is 0 Å². The molecule has 0 spiro atoms. The fourth-order valence-electron chi connectivity index (χ4n) is 0.316. The second kappa shape index (κ2) is 4.38. The average Bonchev–Trinajstić information content (AvgIpc) is 1.83. The minimum absolute atomic E-state index is 1.20. The maximum Gasteiger partial charge on any atom is -0.0398 e. The van der Waals surface area contributed by atoms with Gasteiger partial charge in [-0.15, -0.1) is 0 Å². The molecule has 0 fully saturated rings. The Bertz CT molecular complexity index is 116. The quantitative estimate of drug-likeness (QED) is 0.477. The molecule has 0 aliphatic rings. The molecule has 0 heteroatoms. The van der Waals surface area contributed by atoms with Gasteiger partial charge in [-0.25, -0.2) is 0 Å². The molecule has 0 aliphatic carbocycles. The molecular weight excluding hydrogens is 96.1 g/mol. The van der Waals surface area contributed by atoms with Crippen LogP contribution in [0.5, 0.6) is 0 Å². The first-order chi connectivity index (χ1) is 3.81. The van der Waals surface area contributed by atoms with Gasteiger partial charge < -0.3 is 0 Å². The minimum atomic E-state index is 1.20. The zero-order valence-electron chi connectivity index (χ0n) is 5.52. The first kappa shape index (κ1) is 7.22. The highest BCUT2D eigenvalue weighted by Crippen LogP contribution is 1.91. The highest BCUT2D eigenvalue weighted by Gasteiger charge is 1.70. The minimum Gasteiger partial charge on any atom is -0.0988 e. The van der Waals surface area contributed by atoms with Gasteiger partial charge in [0.15, 0.2) is 0 Å². The summed E-state index contributed by atoms with van der Waals surface area (Å²) in [4.78, 5) is 0. The zero-order valence-corrected chi connectivity index (χ0v) is 5.52. The molecule has 0 saturated heterocycles. The third-order valence-electron chi connectivity index (χ3n) is 0.874. The van der Waals surface area contributed by atoms with E-state index in [1.165, 1.54) is 5.57 Å². The van der Waals surface area contributed by atoms with Gasteiger partial charge in [-0.1, -0.05) is 36.5 Å². The van der Waals surface area contributed by atoms with Gasteiger partial charge in [0.1, 0.15) is 0 Å². The van der Waals surface area contributed by atoms with Crippen LogP contribution in [0.1, 0.15) is 13.8 Å². The van der Waals surface area contributed by atoms with Gasteiger partial charge in [0.05, 0.1) is 0 Å². The van der Waals surface area contributed by atoms with Gasteiger partial charge in [-0.3, -0.25) is 0 Å². The summed E-state index contributed by atoms with van der Waals surface area (Å²) >= 11 is 0. The molecule has 0 aromatic rings. The lowest BCUT2D eigenvalue weighted by Crippen LogP contribution is -1.60. The summed E-state index contributed by atoms with van der Waals surface area (Å²) in [5.41, 5.74) is 1.20. The molecule has 0 unspecified atom stereocenters. The zero-order chi connectivity index (χ0) is 6.41. The lowest BCUT2D eigenvalue weighted by atomic mass is 10.3. The van der Waals surface area contributed by atoms with Crippen LogP contribution in [-0.2, 0) is 0 Å². The Morgan fingerprint density at radius 2 is 2.12 bits per heavy atom. The van der Waals surface area contributed by atoms with Crippen molar-refractivity contribution in [1.29, 1.82) is 0 Å². The van der Waals surface area contributed by atoms with Crippen LogP contribution in [0, 0.1) is 0 Å². The van der Waals surface area contributed by atoms with E-state index in [2.05, 4.69) is 6.58 Å². The van der Waals surface area contributed by atoms with E-state index in [1.54, 1.807) is 0 Å². The highest BCUT2D eigenvalue weighted by molar-refractivity contribution is 5.18. The Hall–Kier alpha value is -0.780. The average molecular weight is 108 g/mol. The van der Waals surface area contributed by atoms with Crippen LogP contribution in [0.4, 0.5) is 0 Å². The monoisotopic (exact) mass is 108 g/mol. The molecule has 0 atom stereocenters. The summed E-state index contributed by atoms with van der Waals surface area (Å²) in [5.74, 6) is 0. The van der Waals surface area contributed by atoms with E-state index in [0.29, 0.717) is 0 Å². The van der Waals surface area contributed by atoms with Crippen LogP contribution in [0.15, 0.2) is 36.5 Å². The fraction of sp³-hybridized carbons (Fsp3) is 0.250. The largest absolute Gasteiger partial charge is 0.0988 e. The van der Waals surface area contributed by atoms with Crippen molar-refractivity contribution in [2.45, 2.75) is 13.8 Å². The Balaban J connectivity index is 3.74. The van der Waals surface area contributed by atoms with E-state index in [9.17, 15) is 0 Å². The Labute approximate surface area is 51.2 Å². The molecule has 0 N–H and O–H groups in total. The molecule has 0 amide bonds. The summed E-state index contributed by atoms with van der Waals surface area (Å²) in [6, 6.07) is 0. The first-order valence-electron chi connectivity index (χ1n) is 2.73. The predicted octanol–water partition coefficient (Wildman–Crippen LogP) is 2.69. The van der Waals surface area contributed by atoms with Gasteiger partial charge in [-0.05, 0) is 13.8 Å². The molecule has 0 radical (unpaired) electrons. The van der Waals surface area contributed by atoms with Crippen molar-refractivity contribution in [2.75, 3.05) is 0 Å². The van der Waals surface area contributed by atoms with Crippen molar-refractivity contribution in [3.05, 3.63) is 36.5 Å². The molecule has 0 heterocycles. The number of hydrogen-bond acceptors (Lipinski definition) is 0. The molecule has 8 heavy (non-hydrogen) atoms. The summed E-state index contributed by atoms with van der Waals surface area (Å²) in [6.07, 6.45) is 7.84. The van der Waals surface area contributed by atoms with Crippen molar-refractivity contribution in [1.82, 2.24) is 0 Å². The van der Waals surface area contributed by atoms with Crippen LogP contribution in [0.25, 0.3) is 0 Å². The topological polar surface area (TPSA) is 0 Å². The fourth-order valence-corrected chi connectivity index (χ4v) is 0.316. The lowest BCUT2D eigenvalue weighted by molar-refractivity contribution is 1.53. The van der Waals surface area contributed by atoms with Crippen LogP contribution in [-0.4, -0.2) is 0 Å². The lowest BCUT2D eigenvalue weighted by Gasteiger charge is -1.81. The van der Waals surface area contributed by atoms with Crippen LogP contribution in [0.2, 0.25) is 0 Å². The Morgan fingerprint density at radius 3 is 2.50 bits per heavy atom. The van der Waals surface area contributed by atoms with Gasteiger partial charge in [0.25, 0.3) is 0 Å². The van der Waals surface area contributed by atoms with Crippen molar-refractivity contribution >= 4 is 0 Å². The SMILES string of the molecule is C=C/C(C)=C\C=C/C. The number of hydrogen-bond donors (Lipinski definition) is 0. The van der Waals surface area contributed by atoms with Gasteiger partial charge in [0.2, 0.25) is 0 Å². The van der Waals surface area contributed by atoms with Crippen LogP contribution < -0.4 is 0 Å². The van der Waals surface area contributed by atoms with Crippen molar-refractivity contribution in [3.8, 4) is 0 Å². The van der Waals surface area contributed by atoms with Gasteiger partial charge in [-0.2, -0.15) is 0 Å². The molecule has 0 aromatic heterocycles. The van der Waals surface area contributed by atoms with E-state index in [-0.39, 0.29) is 0 Å². The van der Waals surface area contributed by atoms with E-state index < -0.39 is 0 Å². The predicted molar refractivity (Wildman–Crippen MR) is 38.8 cm³/mol. The summed E-state index contributed by atoms with van der Waals surface area (Å²) in [5, 5.41) is 0. The van der Waals surface area contributed by atoms with Gasteiger partial charge >= 0.3 is 0 Å². The van der Waals surface area contributed by atoms with E-state index in [1.807, 2.05) is 38.2 Å². The molecule has 0 rings (SSSR count). The molecular formula is C8H12. The van der Waals surface area contributed by atoms with E-state index in [4.69, 9.17) is 0 Å². The van der Waals surface area contributed by atoms with Crippen molar-refractivity contribution < 1.29 is 0 Å². The third-order valence-corrected chi connectivity index (χ3v) is 0.874. The van der Waals surface area contributed by atoms with Crippen molar-refractivity contribution in [2.24, 2.45) is 0 Å². The smallest absolute Gasteiger partial charge is 0.0398 e. The number of allylic oxidation sites excluding steroid dienone is 5.